The standard InChI is InChI=1S/C15H20FNO3/c1-15(2)12(9-13(15)18)17-14(19)6-7-20-11-5-3-4-10(16)8-11/h3-5,8,12-13,18H,6-7,9H2,1-2H3,(H,17,19). The molecule has 2 N–H and O–H groups in total. The van der Waals surface area contributed by atoms with Gasteiger partial charge in [0.2, 0.25) is 5.91 Å². The molecule has 0 saturated heterocycles. The number of carbonyl (C=O) groups excluding carboxylic acids is 1. The van der Waals surface area contributed by atoms with Crippen LogP contribution in [-0.4, -0.2) is 29.8 Å². The van der Waals surface area contributed by atoms with Crippen LogP contribution in [0.2, 0.25) is 0 Å². The first-order chi connectivity index (χ1) is 9.39. The smallest absolute Gasteiger partial charge is 0.223 e. The Morgan fingerprint density at radius 1 is 1.55 bits per heavy atom. The van der Waals surface area contributed by atoms with Crippen molar-refractivity contribution in [3.8, 4) is 5.75 Å². The van der Waals surface area contributed by atoms with Gasteiger partial charge in [-0.1, -0.05) is 19.9 Å². The van der Waals surface area contributed by atoms with Crippen molar-refractivity contribution in [2.75, 3.05) is 6.61 Å². The van der Waals surface area contributed by atoms with Gasteiger partial charge in [-0.25, -0.2) is 4.39 Å². The van der Waals surface area contributed by atoms with Crippen LogP contribution in [0.4, 0.5) is 4.39 Å². The number of ether oxygens (including phenoxy) is 1. The number of carbonyl (C=O) groups is 1. The van der Waals surface area contributed by atoms with Crippen LogP contribution in [0.25, 0.3) is 0 Å². The molecular formula is C15H20FNO3. The predicted octanol–water partition coefficient (Wildman–Crippen LogP) is 1.87. The zero-order valence-electron chi connectivity index (χ0n) is 11.7. The van der Waals surface area contributed by atoms with Gasteiger partial charge in [0.05, 0.1) is 19.1 Å². The van der Waals surface area contributed by atoms with Crippen LogP contribution >= 0.6 is 0 Å². The van der Waals surface area contributed by atoms with Crippen molar-refractivity contribution >= 4 is 5.91 Å². The van der Waals surface area contributed by atoms with Gasteiger partial charge in [0, 0.05) is 17.5 Å². The summed E-state index contributed by atoms with van der Waals surface area (Å²) in [5.74, 6) is -0.0688. The zero-order valence-corrected chi connectivity index (χ0v) is 11.7. The average molecular weight is 281 g/mol. The Labute approximate surface area is 117 Å². The highest BCUT2D eigenvalue weighted by Crippen LogP contribution is 2.40. The van der Waals surface area contributed by atoms with Crippen LogP contribution < -0.4 is 10.1 Å². The molecule has 1 aliphatic rings. The first kappa shape index (κ1) is 14.8. The first-order valence-corrected chi connectivity index (χ1v) is 6.75. The summed E-state index contributed by atoms with van der Waals surface area (Å²) in [6.07, 6.45) is 0.430. The van der Waals surface area contributed by atoms with Crippen molar-refractivity contribution in [1.82, 2.24) is 5.32 Å². The second kappa shape index (κ2) is 5.79. The lowest BCUT2D eigenvalue weighted by atomic mass is 9.64. The molecule has 2 rings (SSSR count). The van der Waals surface area contributed by atoms with Gasteiger partial charge in [0.25, 0.3) is 0 Å². The Bertz CT molecular complexity index is 490. The zero-order chi connectivity index (χ0) is 14.8. The summed E-state index contributed by atoms with van der Waals surface area (Å²) < 4.78 is 18.2. The summed E-state index contributed by atoms with van der Waals surface area (Å²) in [6, 6.07) is 5.82. The van der Waals surface area contributed by atoms with Crippen LogP contribution in [0.1, 0.15) is 26.7 Å². The Balaban J connectivity index is 1.71. The number of benzene rings is 1. The molecule has 5 heteroatoms. The number of aliphatic hydroxyl groups excluding tert-OH is 1. The third kappa shape index (κ3) is 3.28. The molecule has 1 aromatic carbocycles. The molecule has 1 fully saturated rings. The fraction of sp³-hybridized carbons (Fsp3) is 0.533. The predicted molar refractivity (Wildman–Crippen MR) is 72.8 cm³/mol. The molecule has 1 saturated carbocycles. The van der Waals surface area contributed by atoms with Gasteiger partial charge in [-0.05, 0) is 18.6 Å². The molecule has 1 amide bonds. The number of amides is 1. The molecule has 110 valence electrons. The van der Waals surface area contributed by atoms with Crippen LogP contribution in [0, 0.1) is 11.2 Å². The average Bonchev–Trinajstić information content (AvgIpc) is 2.38. The lowest BCUT2D eigenvalue weighted by molar-refractivity contribution is -0.129. The molecule has 0 aromatic heterocycles. The number of hydrogen-bond acceptors (Lipinski definition) is 3. The van der Waals surface area contributed by atoms with Crippen LogP contribution in [0.15, 0.2) is 24.3 Å². The SMILES string of the molecule is CC1(C)C(O)CC1NC(=O)CCOc1cccc(F)c1. The number of hydrogen-bond donors (Lipinski definition) is 2. The summed E-state index contributed by atoms with van der Waals surface area (Å²) in [6.45, 7) is 4.05. The second-order valence-electron chi connectivity index (χ2n) is 5.75. The van der Waals surface area contributed by atoms with E-state index in [0.717, 1.165) is 0 Å². The fourth-order valence-corrected chi connectivity index (χ4v) is 2.23. The van der Waals surface area contributed by atoms with E-state index in [4.69, 9.17) is 4.74 Å². The van der Waals surface area contributed by atoms with Crippen molar-refractivity contribution in [3.63, 3.8) is 0 Å². The van der Waals surface area contributed by atoms with Gasteiger partial charge in [0.1, 0.15) is 11.6 Å². The quantitative estimate of drug-likeness (QED) is 0.866. The van der Waals surface area contributed by atoms with Crippen molar-refractivity contribution in [2.45, 2.75) is 38.8 Å². The molecule has 0 spiro atoms. The number of halogens is 1. The van der Waals surface area contributed by atoms with Crippen LogP contribution in [-0.2, 0) is 4.79 Å². The molecule has 4 nitrogen and oxygen atoms in total. The highest BCUT2D eigenvalue weighted by atomic mass is 19.1. The molecule has 1 aromatic rings. The molecule has 2 unspecified atom stereocenters. The molecule has 0 radical (unpaired) electrons. The first-order valence-electron chi connectivity index (χ1n) is 6.75. The summed E-state index contributed by atoms with van der Waals surface area (Å²) >= 11 is 0. The summed E-state index contributed by atoms with van der Waals surface area (Å²) in [5, 5.41) is 12.5. The summed E-state index contributed by atoms with van der Waals surface area (Å²) in [4.78, 5) is 11.8. The lowest BCUT2D eigenvalue weighted by Crippen LogP contribution is -2.61. The van der Waals surface area contributed by atoms with Crippen LogP contribution in [0.3, 0.4) is 0 Å². The Morgan fingerprint density at radius 2 is 2.30 bits per heavy atom. The molecule has 1 aliphatic carbocycles. The van der Waals surface area contributed by atoms with Gasteiger partial charge < -0.3 is 15.2 Å². The summed E-state index contributed by atoms with van der Waals surface area (Å²) in [7, 11) is 0. The highest BCUT2D eigenvalue weighted by Gasteiger charge is 2.47. The molecule has 0 bridgehead atoms. The van der Waals surface area contributed by atoms with E-state index in [9.17, 15) is 14.3 Å². The maximum atomic E-state index is 12.9. The maximum absolute atomic E-state index is 12.9. The van der Waals surface area contributed by atoms with Gasteiger partial charge in [0.15, 0.2) is 0 Å². The van der Waals surface area contributed by atoms with Crippen molar-refractivity contribution < 1.29 is 19.0 Å². The maximum Gasteiger partial charge on any atom is 0.223 e. The minimum Gasteiger partial charge on any atom is -0.493 e. The lowest BCUT2D eigenvalue weighted by Gasteiger charge is -2.49. The fourth-order valence-electron chi connectivity index (χ4n) is 2.23. The van der Waals surface area contributed by atoms with E-state index in [2.05, 4.69) is 5.32 Å². The minimum atomic E-state index is -0.364. The van der Waals surface area contributed by atoms with Crippen molar-refractivity contribution in [3.05, 3.63) is 30.1 Å². The van der Waals surface area contributed by atoms with E-state index in [0.29, 0.717) is 12.2 Å². The van der Waals surface area contributed by atoms with Crippen molar-refractivity contribution in [2.24, 2.45) is 5.41 Å². The second-order valence-corrected chi connectivity index (χ2v) is 5.75. The minimum absolute atomic E-state index is 0.000769. The topological polar surface area (TPSA) is 58.6 Å². The molecule has 0 heterocycles. The normalized spacial score (nSPS) is 23.8. The molecule has 2 atom stereocenters. The van der Waals surface area contributed by atoms with Crippen LogP contribution in [0.5, 0.6) is 5.75 Å². The molecule has 20 heavy (non-hydrogen) atoms. The third-order valence-electron chi connectivity index (χ3n) is 3.95. The number of nitrogens with one attached hydrogen (secondary N) is 1. The summed E-state index contributed by atoms with van der Waals surface area (Å²) in [5.41, 5.74) is -0.279. The third-order valence-corrected chi connectivity index (χ3v) is 3.95. The number of aliphatic hydroxyl groups is 1. The highest BCUT2D eigenvalue weighted by molar-refractivity contribution is 5.76. The van der Waals surface area contributed by atoms with Gasteiger partial charge in [-0.3, -0.25) is 4.79 Å². The Hall–Kier alpha value is -1.62. The molecule has 0 aliphatic heterocycles. The Morgan fingerprint density at radius 3 is 2.90 bits per heavy atom. The Kier molecular flexibility index (Phi) is 4.28. The van der Waals surface area contributed by atoms with E-state index < -0.39 is 0 Å². The van der Waals surface area contributed by atoms with Gasteiger partial charge in [-0.2, -0.15) is 0 Å². The van der Waals surface area contributed by atoms with Gasteiger partial charge in [-0.15, -0.1) is 0 Å². The van der Waals surface area contributed by atoms with E-state index in [1.54, 1.807) is 12.1 Å². The molecular weight excluding hydrogens is 261 g/mol. The largest absolute Gasteiger partial charge is 0.493 e. The number of rotatable bonds is 5. The van der Waals surface area contributed by atoms with E-state index in [1.165, 1.54) is 12.1 Å². The van der Waals surface area contributed by atoms with E-state index in [1.807, 2.05) is 13.8 Å². The monoisotopic (exact) mass is 281 g/mol. The van der Waals surface area contributed by atoms with Gasteiger partial charge >= 0.3 is 0 Å². The van der Waals surface area contributed by atoms with Crippen molar-refractivity contribution in [1.29, 1.82) is 0 Å². The van der Waals surface area contributed by atoms with E-state index in [-0.39, 0.29) is 42.3 Å². The van der Waals surface area contributed by atoms with E-state index >= 15 is 0 Å².